The molecule has 3 fully saturated rings. The summed E-state index contributed by atoms with van der Waals surface area (Å²) in [6.45, 7) is 6.78. The highest BCUT2D eigenvalue weighted by atomic mass is 16.4. The lowest BCUT2D eigenvalue weighted by atomic mass is 9.47. The zero-order valence-corrected chi connectivity index (χ0v) is 16.0. The second-order valence-corrected chi connectivity index (χ2v) is 10.0. The number of allylic oxidation sites excluding steroid dienone is 1. The summed E-state index contributed by atoms with van der Waals surface area (Å²) in [5.41, 5.74) is 2.00. The average Bonchev–Trinajstić information content (AvgIpc) is 2.92. The molecular weight excluding hydrogens is 312 g/mol. The van der Waals surface area contributed by atoms with Crippen molar-refractivity contribution in [3.8, 4) is 0 Å². The lowest BCUT2D eigenvalue weighted by Gasteiger charge is -2.58. The van der Waals surface area contributed by atoms with E-state index in [0.717, 1.165) is 38.0 Å². The number of aliphatic hydroxyl groups excluding tert-OH is 1. The molecule has 0 bridgehead atoms. The Morgan fingerprint density at radius 1 is 1.16 bits per heavy atom. The molecule has 3 saturated carbocycles. The first kappa shape index (κ1) is 17.6. The zero-order valence-electron chi connectivity index (χ0n) is 16.0. The smallest absolute Gasteiger partial charge is 0.306 e. The van der Waals surface area contributed by atoms with Gasteiger partial charge in [0.2, 0.25) is 0 Å². The van der Waals surface area contributed by atoms with Gasteiger partial charge in [0.1, 0.15) is 0 Å². The van der Waals surface area contributed by atoms with E-state index in [9.17, 15) is 15.0 Å². The topological polar surface area (TPSA) is 57.5 Å². The quantitative estimate of drug-likeness (QED) is 0.716. The Bertz CT molecular complexity index is 596. The van der Waals surface area contributed by atoms with Crippen molar-refractivity contribution in [3.05, 3.63) is 11.6 Å². The van der Waals surface area contributed by atoms with Crippen molar-refractivity contribution in [1.82, 2.24) is 0 Å². The van der Waals surface area contributed by atoms with Gasteiger partial charge >= 0.3 is 5.97 Å². The standard InChI is InChI=1S/C22H34O3/c1-13(20(24)25)17-6-7-18-16-5-4-14-12-15(23)8-10-21(14,2)19(16)9-11-22(17,18)3/h4,13,15-19,23H,5-12H2,1-3H3,(H,24,25)/t13?,15-,16-,17?,18-,19-,21-,22+/m0/s1. The molecule has 3 nitrogen and oxygen atoms in total. The Hall–Kier alpha value is -0.830. The first-order chi connectivity index (χ1) is 11.8. The molecule has 4 aliphatic carbocycles. The fourth-order valence-corrected chi connectivity index (χ4v) is 7.68. The van der Waals surface area contributed by atoms with E-state index < -0.39 is 5.97 Å². The lowest BCUT2D eigenvalue weighted by Crippen LogP contribution is -2.51. The lowest BCUT2D eigenvalue weighted by molar-refractivity contribution is -0.146. The molecule has 0 amide bonds. The Morgan fingerprint density at radius 2 is 1.92 bits per heavy atom. The summed E-state index contributed by atoms with van der Waals surface area (Å²) < 4.78 is 0. The van der Waals surface area contributed by atoms with Crippen molar-refractivity contribution in [2.75, 3.05) is 0 Å². The van der Waals surface area contributed by atoms with Gasteiger partial charge in [-0.05, 0) is 85.9 Å². The molecule has 4 rings (SSSR count). The van der Waals surface area contributed by atoms with Gasteiger partial charge in [-0.3, -0.25) is 4.79 Å². The van der Waals surface area contributed by atoms with Crippen LogP contribution in [-0.2, 0) is 4.79 Å². The van der Waals surface area contributed by atoms with Crippen LogP contribution in [0.5, 0.6) is 0 Å². The molecule has 2 unspecified atom stereocenters. The Kier molecular flexibility index (Phi) is 4.10. The van der Waals surface area contributed by atoms with Crippen LogP contribution in [0, 0.1) is 40.4 Å². The molecule has 0 spiro atoms. The number of carboxylic acid groups (broad SMARTS) is 1. The number of aliphatic hydroxyl groups is 1. The average molecular weight is 347 g/mol. The summed E-state index contributed by atoms with van der Waals surface area (Å²) in [5, 5.41) is 19.7. The molecule has 0 heterocycles. The highest BCUT2D eigenvalue weighted by Gasteiger charge is 2.59. The number of rotatable bonds is 2. The Balaban J connectivity index is 1.63. The Labute approximate surface area is 151 Å². The maximum absolute atomic E-state index is 11.6. The van der Waals surface area contributed by atoms with E-state index in [1.54, 1.807) is 0 Å². The Morgan fingerprint density at radius 3 is 2.64 bits per heavy atom. The summed E-state index contributed by atoms with van der Waals surface area (Å²) in [6.07, 6.45) is 11.1. The minimum atomic E-state index is -0.618. The summed E-state index contributed by atoms with van der Waals surface area (Å²) in [5.74, 6) is 1.63. The minimum absolute atomic E-state index is 0.142. The third-order valence-corrected chi connectivity index (χ3v) is 9.14. The van der Waals surface area contributed by atoms with Crippen molar-refractivity contribution >= 4 is 5.97 Å². The fraction of sp³-hybridized carbons (Fsp3) is 0.864. The van der Waals surface area contributed by atoms with Crippen molar-refractivity contribution < 1.29 is 15.0 Å². The van der Waals surface area contributed by atoms with Crippen molar-refractivity contribution in [2.24, 2.45) is 40.4 Å². The third-order valence-electron chi connectivity index (χ3n) is 9.14. The molecule has 0 aliphatic heterocycles. The molecule has 2 N–H and O–H groups in total. The van der Waals surface area contributed by atoms with E-state index in [0.29, 0.717) is 17.8 Å². The van der Waals surface area contributed by atoms with E-state index in [1.807, 2.05) is 6.92 Å². The molecule has 25 heavy (non-hydrogen) atoms. The van der Waals surface area contributed by atoms with Crippen LogP contribution in [0.4, 0.5) is 0 Å². The second kappa shape index (κ2) is 5.84. The van der Waals surface area contributed by atoms with Crippen LogP contribution in [0.25, 0.3) is 0 Å². The molecule has 0 aromatic rings. The monoisotopic (exact) mass is 346 g/mol. The second-order valence-electron chi connectivity index (χ2n) is 10.0. The van der Waals surface area contributed by atoms with Crippen LogP contribution in [0.15, 0.2) is 11.6 Å². The van der Waals surface area contributed by atoms with Gasteiger partial charge in [0.25, 0.3) is 0 Å². The number of hydrogen-bond acceptors (Lipinski definition) is 2. The maximum atomic E-state index is 11.6. The molecule has 140 valence electrons. The highest BCUT2D eigenvalue weighted by Crippen LogP contribution is 2.67. The minimum Gasteiger partial charge on any atom is -0.481 e. The van der Waals surface area contributed by atoms with Gasteiger partial charge in [-0.1, -0.05) is 32.4 Å². The zero-order chi connectivity index (χ0) is 18.0. The maximum Gasteiger partial charge on any atom is 0.306 e. The normalized spacial score (nSPS) is 50.2. The molecule has 3 heteroatoms. The van der Waals surface area contributed by atoms with Gasteiger partial charge in [0, 0.05) is 0 Å². The van der Waals surface area contributed by atoms with Gasteiger partial charge in [0.05, 0.1) is 12.0 Å². The molecule has 0 saturated heterocycles. The summed E-state index contributed by atoms with van der Waals surface area (Å²) in [6, 6.07) is 0. The van der Waals surface area contributed by atoms with Crippen LogP contribution in [-0.4, -0.2) is 22.3 Å². The summed E-state index contributed by atoms with van der Waals surface area (Å²) in [7, 11) is 0. The molecule has 0 aromatic heterocycles. The van der Waals surface area contributed by atoms with E-state index in [1.165, 1.54) is 24.8 Å². The van der Waals surface area contributed by atoms with E-state index in [2.05, 4.69) is 19.9 Å². The van der Waals surface area contributed by atoms with E-state index in [-0.39, 0.29) is 22.9 Å². The largest absolute Gasteiger partial charge is 0.481 e. The van der Waals surface area contributed by atoms with Crippen LogP contribution in [0.1, 0.15) is 72.1 Å². The predicted molar refractivity (Wildman–Crippen MR) is 98.0 cm³/mol. The molecule has 0 radical (unpaired) electrons. The third kappa shape index (κ3) is 2.44. The first-order valence-electron chi connectivity index (χ1n) is 10.4. The number of aliphatic carboxylic acids is 1. The molecule has 8 atom stereocenters. The van der Waals surface area contributed by atoms with Gasteiger partial charge in [-0.25, -0.2) is 0 Å². The van der Waals surface area contributed by atoms with Crippen LogP contribution >= 0.6 is 0 Å². The summed E-state index contributed by atoms with van der Waals surface area (Å²) >= 11 is 0. The first-order valence-corrected chi connectivity index (χ1v) is 10.4. The van der Waals surface area contributed by atoms with Gasteiger partial charge in [0.15, 0.2) is 0 Å². The molecule has 4 aliphatic rings. The molecular formula is C22H34O3. The van der Waals surface area contributed by atoms with E-state index >= 15 is 0 Å². The van der Waals surface area contributed by atoms with Crippen molar-refractivity contribution in [3.63, 3.8) is 0 Å². The summed E-state index contributed by atoms with van der Waals surface area (Å²) in [4.78, 5) is 11.6. The number of hydrogen-bond donors (Lipinski definition) is 2. The number of carbonyl (C=O) groups is 1. The fourth-order valence-electron chi connectivity index (χ4n) is 7.68. The SMILES string of the molecule is CC(C(=O)O)C1CC[C@H]2[C@@H]3CC=C4C[C@@H](O)CC[C@]4(C)[C@H]3CC[C@]12C. The van der Waals surface area contributed by atoms with Crippen LogP contribution in [0.3, 0.4) is 0 Å². The molecule has 0 aromatic carbocycles. The number of carboxylic acids is 1. The van der Waals surface area contributed by atoms with Gasteiger partial charge in [-0.2, -0.15) is 0 Å². The van der Waals surface area contributed by atoms with Gasteiger partial charge in [-0.15, -0.1) is 0 Å². The van der Waals surface area contributed by atoms with Gasteiger partial charge < -0.3 is 10.2 Å². The van der Waals surface area contributed by atoms with E-state index in [4.69, 9.17) is 0 Å². The highest BCUT2D eigenvalue weighted by molar-refractivity contribution is 5.70. The van der Waals surface area contributed by atoms with Crippen LogP contribution < -0.4 is 0 Å². The predicted octanol–water partition coefficient (Wildman–Crippen LogP) is 4.65. The van der Waals surface area contributed by atoms with Crippen molar-refractivity contribution in [1.29, 1.82) is 0 Å². The van der Waals surface area contributed by atoms with Crippen molar-refractivity contribution in [2.45, 2.75) is 78.2 Å². The number of fused-ring (bicyclic) bond motifs is 5. The van der Waals surface area contributed by atoms with Crippen LogP contribution in [0.2, 0.25) is 0 Å².